The van der Waals surface area contributed by atoms with E-state index in [2.05, 4.69) is 27.6 Å². The van der Waals surface area contributed by atoms with E-state index in [4.69, 9.17) is 4.42 Å². The quantitative estimate of drug-likeness (QED) is 0.370. The van der Waals surface area contributed by atoms with Crippen LogP contribution in [0, 0.1) is 44.8 Å². The molecule has 1 amide bonds. The predicted molar refractivity (Wildman–Crippen MR) is 128 cm³/mol. The van der Waals surface area contributed by atoms with E-state index < -0.39 is 5.82 Å². The number of halogens is 1. The summed E-state index contributed by atoms with van der Waals surface area (Å²) in [5.74, 6) is -0.0950. The average molecular weight is 476 g/mol. The largest absolute Gasteiger partial charge is 0.411 e. The van der Waals surface area contributed by atoms with Crippen LogP contribution in [0.25, 0.3) is 17.1 Å². The topological polar surface area (TPSA) is 96.7 Å². The van der Waals surface area contributed by atoms with Crippen LogP contribution in [0.15, 0.2) is 52.1 Å². The second kappa shape index (κ2) is 9.53. The Morgan fingerprint density at radius 2 is 1.88 bits per heavy atom. The monoisotopic (exact) mass is 475 g/mol. The number of carbonyl (C=O) groups is 1. The summed E-state index contributed by atoms with van der Waals surface area (Å²) in [6.45, 7) is 7.59. The van der Waals surface area contributed by atoms with Crippen molar-refractivity contribution in [2.45, 2.75) is 32.9 Å². The van der Waals surface area contributed by atoms with Gasteiger partial charge in [0.1, 0.15) is 17.7 Å². The van der Waals surface area contributed by atoms with Crippen molar-refractivity contribution in [3.05, 3.63) is 76.2 Å². The number of nitriles is 1. The number of benzene rings is 2. The number of rotatable bonds is 6. The minimum absolute atomic E-state index is 0.00816. The first kappa shape index (κ1) is 23.3. The van der Waals surface area contributed by atoms with Gasteiger partial charge in [0.05, 0.1) is 17.0 Å². The number of nitrogens with zero attached hydrogens (tertiary/aromatic N) is 4. The van der Waals surface area contributed by atoms with E-state index in [0.29, 0.717) is 28.5 Å². The minimum atomic E-state index is -0.411. The van der Waals surface area contributed by atoms with Crippen molar-refractivity contribution < 1.29 is 13.6 Å². The molecule has 0 unspecified atom stereocenters. The van der Waals surface area contributed by atoms with Crippen LogP contribution >= 0.6 is 11.8 Å². The highest BCUT2D eigenvalue weighted by molar-refractivity contribution is 7.99. The number of carbonyl (C=O) groups excluding carboxylic acids is 1. The number of aromatic nitrogens is 3. The molecule has 4 rings (SSSR count). The van der Waals surface area contributed by atoms with Crippen molar-refractivity contribution in [1.29, 1.82) is 5.26 Å². The van der Waals surface area contributed by atoms with Gasteiger partial charge in [-0.3, -0.25) is 9.36 Å². The van der Waals surface area contributed by atoms with Crippen LogP contribution in [0.3, 0.4) is 0 Å². The standard InChI is InChI=1S/C25H22FN5O2S/c1-14-8-15(2)10-18(9-14)24-29-30-25(33-24)34-13-22(32)28-23-21(12-27)16(3)17(4)31(23)20-7-5-6-19(26)11-20/h5-11H,13H2,1-4H3,(H,28,32). The molecule has 0 atom stereocenters. The number of hydrogen-bond donors (Lipinski definition) is 1. The minimum Gasteiger partial charge on any atom is -0.411 e. The van der Waals surface area contributed by atoms with Crippen molar-refractivity contribution in [3.8, 4) is 23.2 Å². The number of amides is 1. The molecule has 2 heterocycles. The lowest BCUT2D eigenvalue weighted by molar-refractivity contribution is -0.113. The molecule has 9 heteroatoms. The summed E-state index contributed by atoms with van der Waals surface area (Å²) in [5, 5.41) is 20.9. The molecule has 0 radical (unpaired) electrons. The SMILES string of the molecule is Cc1cc(C)cc(-c2nnc(SCC(=O)Nc3c(C#N)c(C)c(C)n3-c3cccc(F)c3)o2)c1. The molecule has 2 aromatic heterocycles. The predicted octanol–water partition coefficient (Wildman–Crippen LogP) is 5.50. The maximum Gasteiger partial charge on any atom is 0.277 e. The molecule has 1 N–H and O–H groups in total. The molecule has 0 aliphatic heterocycles. The van der Waals surface area contributed by atoms with E-state index in [1.807, 2.05) is 32.9 Å². The van der Waals surface area contributed by atoms with E-state index in [0.717, 1.165) is 34.1 Å². The Balaban J connectivity index is 1.53. The number of anilines is 1. The first-order valence-corrected chi connectivity index (χ1v) is 11.5. The highest BCUT2D eigenvalue weighted by atomic mass is 32.2. The summed E-state index contributed by atoms with van der Waals surface area (Å²) in [6, 6.07) is 14.1. The van der Waals surface area contributed by atoms with Gasteiger partial charge in [0.15, 0.2) is 0 Å². The zero-order valence-corrected chi connectivity index (χ0v) is 20.0. The van der Waals surface area contributed by atoms with Crippen LogP contribution < -0.4 is 5.32 Å². The third-order valence-corrected chi connectivity index (χ3v) is 6.17. The summed E-state index contributed by atoms with van der Waals surface area (Å²) in [5.41, 5.74) is 5.28. The molecule has 0 saturated carbocycles. The van der Waals surface area contributed by atoms with Crippen LogP contribution in [0.2, 0.25) is 0 Å². The number of nitrogens with one attached hydrogen (secondary N) is 1. The van der Waals surface area contributed by atoms with Crippen LogP contribution in [-0.2, 0) is 4.79 Å². The van der Waals surface area contributed by atoms with Crippen LogP contribution in [0.5, 0.6) is 0 Å². The Morgan fingerprint density at radius 3 is 2.56 bits per heavy atom. The maximum absolute atomic E-state index is 13.9. The summed E-state index contributed by atoms with van der Waals surface area (Å²) < 4.78 is 21.2. The first-order chi connectivity index (χ1) is 16.3. The maximum atomic E-state index is 13.9. The number of hydrogen-bond acceptors (Lipinski definition) is 6. The molecule has 0 bridgehead atoms. The van der Waals surface area contributed by atoms with Gasteiger partial charge in [0.2, 0.25) is 11.8 Å². The molecule has 4 aromatic rings. The Bertz CT molecular complexity index is 1410. The number of thioether (sulfide) groups is 1. The van der Waals surface area contributed by atoms with E-state index in [1.165, 1.54) is 12.1 Å². The molecule has 0 aliphatic rings. The Hall–Kier alpha value is -3.90. The van der Waals surface area contributed by atoms with Crippen molar-refractivity contribution in [3.63, 3.8) is 0 Å². The van der Waals surface area contributed by atoms with Gasteiger partial charge in [-0.2, -0.15) is 5.26 Å². The lowest BCUT2D eigenvalue weighted by atomic mass is 10.1. The highest BCUT2D eigenvalue weighted by Crippen LogP contribution is 2.31. The van der Waals surface area contributed by atoms with Crippen molar-refractivity contribution >= 4 is 23.5 Å². The smallest absolute Gasteiger partial charge is 0.277 e. The van der Waals surface area contributed by atoms with Gasteiger partial charge in [0, 0.05) is 11.3 Å². The summed E-state index contributed by atoms with van der Waals surface area (Å²) in [6.07, 6.45) is 0. The van der Waals surface area contributed by atoms with Gasteiger partial charge >= 0.3 is 0 Å². The fourth-order valence-corrected chi connectivity index (χ4v) is 4.34. The normalized spacial score (nSPS) is 10.8. The lowest BCUT2D eigenvalue weighted by Gasteiger charge is -2.13. The molecule has 0 aliphatic carbocycles. The molecule has 0 saturated heterocycles. The highest BCUT2D eigenvalue weighted by Gasteiger charge is 2.21. The molecule has 0 spiro atoms. The molecule has 2 aromatic carbocycles. The Morgan fingerprint density at radius 1 is 1.15 bits per heavy atom. The van der Waals surface area contributed by atoms with E-state index >= 15 is 0 Å². The third kappa shape index (κ3) is 4.72. The van der Waals surface area contributed by atoms with E-state index in [1.54, 1.807) is 23.6 Å². The van der Waals surface area contributed by atoms with Crippen LogP contribution in [0.1, 0.15) is 27.9 Å². The van der Waals surface area contributed by atoms with Crippen LogP contribution in [0.4, 0.5) is 10.2 Å². The zero-order valence-electron chi connectivity index (χ0n) is 19.1. The number of aryl methyl sites for hydroxylation is 2. The van der Waals surface area contributed by atoms with Gasteiger partial charge in [-0.05, 0) is 63.6 Å². The second-order valence-electron chi connectivity index (χ2n) is 7.95. The summed E-state index contributed by atoms with van der Waals surface area (Å²) in [7, 11) is 0. The Kier molecular flexibility index (Phi) is 6.52. The summed E-state index contributed by atoms with van der Waals surface area (Å²) >= 11 is 1.10. The average Bonchev–Trinajstić information content (AvgIpc) is 3.35. The fraction of sp³-hybridized carbons (Fsp3) is 0.200. The molecular formula is C25H22FN5O2S. The molecular weight excluding hydrogens is 453 g/mol. The molecule has 0 fully saturated rings. The van der Waals surface area contributed by atoms with E-state index in [-0.39, 0.29) is 16.9 Å². The third-order valence-electron chi connectivity index (χ3n) is 5.35. The Labute approximate surface area is 200 Å². The van der Waals surface area contributed by atoms with Crippen molar-refractivity contribution in [2.75, 3.05) is 11.1 Å². The van der Waals surface area contributed by atoms with Crippen molar-refractivity contribution in [2.24, 2.45) is 0 Å². The molecule has 34 heavy (non-hydrogen) atoms. The summed E-state index contributed by atoms with van der Waals surface area (Å²) in [4.78, 5) is 12.8. The second-order valence-corrected chi connectivity index (χ2v) is 8.87. The van der Waals surface area contributed by atoms with Gasteiger partial charge in [0.25, 0.3) is 5.22 Å². The van der Waals surface area contributed by atoms with Gasteiger partial charge < -0.3 is 9.73 Å². The fourth-order valence-electron chi connectivity index (χ4n) is 3.78. The first-order valence-electron chi connectivity index (χ1n) is 10.5. The van der Waals surface area contributed by atoms with Gasteiger partial charge in [-0.25, -0.2) is 4.39 Å². The molecule has 7 nitrogen and oxygen atoms in total. The van der Waals surface area contributed by atoms with Gasteiger partial charge in [-0.1, -0.05) is 35.0 Å². The zero-order chi connectivity index (χ0) is 24.4. The van der Waals surface area contributed by atoms with Gasteiger partial charge in [-0.15, -0.1) is 10.2 Å². The van der Waals surface area contributed by atoms with Crippen molar-refractivity contribution in [1.82, 2.24) is 14.8 Å². The van der Waals surface area contributed by atoms with E-state index in [9.17, 15) is 14.4 Å². The van der Waals surface area contributed by atoms with Crippen LogP contribution in [-0.4, -0.2) is 26.4 Å². The lowest BCUT2D eigenvalue weighted by Crippen LogP contribution is -2.17. The molecule has 172 valence electrons.